The minimum Gasteiger partial charge on any atom is -0.478 e. The highest BCUT2D eigenvalue weighted by molar-refractivity contribution is 5.88. The summed E-state index contributed by atoms with van der Waals surface area (Å²) >= 11 is 0. The lowest BCUT2D eigenvalue weighted by Gasteiger charge is -2.25. The molecular formula is C12H14FNO3. The second-order valence-corrected chi connectivity index (χ2v) is 4.49. The van der Waals surface area contributed by atoms with Gasteiger partial charge in [-0.15, -0.1) is 0 Å². The minimum absolute atomic E-state index is 0.211. The highest BCUT2D eigenvalue weighted by Gasteiger charge is 2.29. The average molecular weight is 239 g/mol. The standard InChI is InChI=1S/C12H14FNO3/c1-12(4-5-17-7-12)14-8-2-3-9(11(15)16)10(13)6-8/h2-3,6,14H,4-5,7H2,1H3,(H,15,16). The van der Waals surface area contributed by atoms with Gasteiger partial charge >= 0.3 is 5.97 Å². The van der Waals surface area contributed by atoms with E-state index in [0.717, 1.165) is 6.42 Å². The molecule has 1 heterocycles. The van der Waals surface area contributed by atoms with Crippen LogP contribution in [0.15, 0.2) is 18.2 Å². The summed E-state index contributed by atoms with van der Waals surface area (Å²) in [6.45, 7) is 3.23. The Morgan fingerprint density at radius 2 is 2.35 bits per heavy atom. The highest BCUT2D eigenvalue weighted by Crippen LogP contribution is 2.24. The number of carboxylic acid groups (broad SMARTS) is 1. The first-order valence-corrected chi connectivity index (χ1v) is 5.39. The van der Waals surface area contributed by atoms with Crippen LogP contribution in [-0.2, 0) is 4.74 Å². The van der Waals surface area contributed by atoms with Crippen molar-refractivity contribution in [1.29, 1.82) is 0 Å². The van der Waals surface area contributed by atoms with E-state index in [2.05, 4.69) is 5.32 Å². The van der Waals surface area contributed by atoms with Crippen molar-refractivity contribution in [2.24, 2.45) is 0 Å². The van der Waals surface area contributed by atoms with Gasteiger partial charge in [0.05, 0.1) is 17.7 Å². The van der Waals surface area contributed by atoms with E-state index >= 15 is 0 Å². The number of halogens is 1. The lowest BCUT2D eigenvalue weighted by Crippen LogP contribution is -2.34. The molecule has 1 atom stereocenters. The van der Waals surface area contributed by atoms with E-state index in [1.54, 1.807) is 6.07 Å². The molecule has 1 fully saturated rings. The van der Waals surface area contributed by atoms with Crippen molar-refractivity contribution in [3.05, 3.63) is 29.6 Å². The van der Waals surface area contributed by atoms with E-state index in [1.165, 1.54) is 12.1 Å². The molecule has 1 saturated heterocycles. The van der Waals surface area contributed by atoms with E-state index in [9.17, 15) is 9.18 Å². The van der Waals surface area contributed by atoms with E-state index in [1.807, 2.05) is 6.92 Å². The third kappa shape index (κ3) is 2.55. The topological polar surface area (TPSA) is 58.6 Å². The Kier molecular flexibility index (Phi) is 3.02. The quantitative estimate of drug-likeness (QED) is 0.848. The zero-order valence-electron chi connectivity index (χ0n) is 9.50. The molecular weight excluding hydrogens is 225 g/mol. The number of anilines is 1. The molecule has 1 aliphatic heterocycles. The number of carbonyl (C=O) groups is 1. The smallest absolute Gasteiger partial charge is 0.338 e. The van der Waals surface area contributed by atoms with Crippen molar-refractivity contribution >= 4 is 11.7 Å². The fourth-order valence-corrected chi connectivity index (χ4v) is 1.88. The largest absolute Gasteiger partial charge is 0.478 e. The predicted octanol–water partition coefficient (Wildman–Crippen LogP) is 2.11. The lowest BCUT2D eigenvalue weighted by atomic mass is 10.0. The van der Waals surface area contributed by atoms with Gasteiger partial charge in [-0.2, -0.15) is 0 Å². The Labute approximate surface area is 98.4 Å². The van der Waals surface area contributed by atoms with E-state index in [4.69, 9.17) is 9.84 Å². The van der Waals surface area contributed by atoms with Crippen LogP contribution in [0.1, 0.15) is 23.7 Å². The maximum Gasteiger partial charge on any atom is 0.338 e. The number of carboxylic acids is 1. The number of nitrogens with one attached hydrogen (secondary N) is 1. The normalized spacial score (nSPS) is 23.6. The van der Waals surface area contributed by atoms with Gasteiger partial charge in [-0.3, -0.25) is 0 Å². The number of rotatable bonds is 3. The van der Waals surface area contributed by atoms with Crippen LogP contribution < -0.4 is 5.32 Å². The van der Waals surface area contributed by atoms with E-state index in [0.29, 0.717) is 18.9 Å². The van der Waals surface area contributed by atoms with Gasteiger partial charge in [0, 0.05) is 12.3 Å². The monoisotopic (exact) mass is 239 g/mol. The third-order valence-corrected chi connectivity index (χ3v) is 2.86. The first kappa shape index (κ1) is 11.9. The number of ether oxygens (including phenoxy) is 1. The van der Waals surface area contributed by atoms with Gasteiger partial charge < -0.3 is 15.2 Å². The molecule has 2 N–H and O–H groups in total. The van der Waals surface area contributed by atoms with Crippen molar-refractivity contribution < 1.29 is 19.0 Å². The Hall–Kier alpha value is -1.62. The van der Waals surface area contributed by atoms with Gasteiger partial charge in [0.15, 0.2) is 0 Å². The second-order valence-electron chi connectivity index (χ2n) is 4.49. The summed E-state index contributed by atoms with van der Waals surface area (Å²) in [5, 5.41) is 11.9. The third-order valence-electron chi connectivity index (χ3n) is 2.86. The van der Waals surface area contributed by atoms with Crippen LogP contribution in [0.4, 0.5) is 10.1 Å². The molecule has 0 aliphatic carbocycles. The summed E-state index contributed by atoms with van der Waals surface area (Å²) in [6, 6.07) is 4.03. The molecule has 1 aromatic carbocycles. The molecule has 0 spiro atoms. The van der Waals surface area contributed by atoms with Crippen LogP contribution >= 0.6 is 0 Å². The van der Waals surface area contributed by atoms with Gasteiger partial charge in [-0.1, -0.05) is 0 Å². The van der Waals surface area contributed by atoms with Crippen molar-refractivity contribution in [3.8, 4) is 0 Å². The molecule has 1 aliphatic rings. The lowest BCUT2D eigenvalue weighted by molar-refractivity contribution is 0.0692. The predicted molar refractivity (Wildman–Crippen MR) is 60.8 cm³/mol. The molecule has 17 heavy (non-hydrogen) atoms. The van der Waals surface area contributed by atoms with E-state index in [-0.39, 0.29) is 11.1 Å². The van der Waals surface area contributed by atoms with Crippen LogP contribution in [0.5, 0.6) is 0 Å². The molecule has 2 rings (SSSR count). The fraction of sp³-hybridized carbons (Fsp3) is 0.417. The van der Waals surface area contributed by atoms with Gasteiger partial charge in [0.1, 0.15) is 5.82 Å². The fourth-order valence-electron chi connectivity index (χ4n) is 1.88. The Morgan fingerprint density at radius 3 is 2.88 bits per heavy atom. The summed E-state index contributed by atoms with van der Waals surface area (Å²) in [4.78, 5) is 10.7. The van der Waals surface area contributed by atoms with Crippen molar-refractivity contribution in [1.82, 2.24) is 0 Å². The Bertz CT molecular complexity index is 441. The molecule has 0 saturated carbocycles. The summed E-state index contributed by atoms with van der Waals surface area (Å²) in [6.07, 6.45) is 0.843. The molecule has 1 unspecified atom stereocenters. The van der Waals surface area contributed by atoms with Crippen LogP contribution in [0, 0.1) is 5.82 Å². The van der Waals surface area contributed by atoms with Crippen molar-refractivity contribution in [3.63, 3.8) is 0 Å². The van der Waals surface area contributed by atoms with Crippen LogP contribution in [-0.4, -0.2) is 29.8 Å². The van der Waals surface area contributed by atoms with Gasteiger partial charge in [0.25, 0.3) is 0 Å². The van der Waals surface area contributed by atoms with Crippen LogP contribution in [0.25, 0.3) is 0 Å². The molecule has 0 radical (unpaired) electrons. The van der Waals surface area contributed by atoms with Gasteiger partial charge in [-0.25, -0.2) is 9.18 Å². The first-order chi connectivity index (χ1) is 8.00. The SMILES string of the molecule is CC1(Nc2ccc(C(=O)O)c(F)c2)CCOC1. The van der Waals surface area contributed by atoms with Crippen LogP contribution in [0.3, 0.4) is 0 Å². The number of aromatic carboxylic acids is 1. The first-order valence-electron chi connectivity index (χ1n) is 5.39. The summed E-state index contributed by atoms with van der Waals surface area (Å²) < 4.78 is 18.7. The highest BCUT2D eigenvalue weighted by atomic mass is 19.1. The maximum absolute atomic E-state index is 13.4. The molecule has 0 bridgehead atoms. The van der Waals surface area contributed by atoms with Gasteiger partial charge in [-0.05, 0) is 31.5 Å². The molecule has 4 nitrogen and oxygen atoms in total. The molecule has 92 valence electrons. The number of hydrogen-bond acceptors (Lipinski definition) is 3. The maximum atomic E-state index is 13.4. The minimum atomic E-state index is -1.26. The second kappa shape index (κ2) is 4.33. The molecule has 0 amide bonds. The Morgan fingerprint density at radius 1 is 1.59 bits per heavy atom. The summed E-state index contributed by atoms with van der Waals surface area (Å²) in [7, 11) is 0. The molecule has 1 aromatic rings. The number of benzene rings is 1. The van der Waals surface area contributed by atoms with Crippen molar-refractivity contribution in [2.45, 2.75) is 18.9 Å². The summed E-state index contributed by atoms with van der Waals surface area (Å²) in [5.41, 5.74) is 0.0425. The average Bonchev–Trinajstić information content (AvgIpc) is 2.64. The zero-order valence-corrected chi connectivity index (χ0v) is 9.50. The van der Waals surface area contributed by atoms with E-state index < -0.39 is 11.8 Å². The van der Waals surface area contributed by atoms with Gasteiger partial charge in [0.2, 0.25) is 0 Å². The zero-order chi connectivity index (χ0) is 12.5. The van der Waals surface area contributed by atoms with Crippen molar-refractivity contribution in [2.75, 3.05) is 18.5 Å². The molecule has 5 heteroatoms. The summed E-state index contributed by atoms with van der Waals surface area (Å²) in [5.74, 6) is -1.99. The Balaban J connectivity index is 2.17. The number of hydrogen-bond donors (Lipinski definition) is 2. The molecule has 0 aromatic heterocycles. The van der Waals surface area contributed by atoms with Crippen LogP contribution in [0.2, 0.25) is 0 Å².